The van der Waals surface area contributed by atoms with Crippen LogP contribution in [0.25, 0.3) is 0 Å². The van der Waals surface area contributed by atoms with Crippen LogP contribution >= 0.6 is 7.92 Å². The van der Waals surface area contributed by atoms with Gasteiger partial charge in [-0.15, -0.1) is 0 Å². The molecule has 0 heterocycles. The number of rotatable bonds is 5. The van der Waals surface area contributed by atoms with Crippen molar-refractivity contribution < 1.29 is 4.74 Å². The largest absolute Gasteiger partial charge is 0.496 e. The van der Waals surface area contributed by atoms with Crippen molar-refractivity contribution in [3.8, 4) is 5.75 Å². The van der Waals surface area contributed by atoms with Gasteiger partial charge in [0.1, 0.15) is 5.75 Å². The molecule has 0 aliphatic rings. The van der Waals surface area contributed by atoms with E-state index in [9.17, 15) is 0 Å². The highest BCUT2D eigenvalue weighted by Crippen LogP contribution is 2.40. The van der Waals surface area contributed by atoms with Gasteiger partial charge in [0.15, 0.2) is 0 Å². The molecule has 0 saturated heterocycles. The minimum atomic E-state index is -0.450. The van der Waals surface area contributed by atoms with Crippen LogP contribution in [0.3, 0.4) is 0 Å². The van der Waals surface area contributed by atoms with E-state index in [2.05, 4.69) is 73.7 Å². The molecule has 0 aromatic heterocycles. The summed E-state index contributed by atoms with van der Waals surface area (Å²) < 4.78 is 5.56. The fourth-order valence-electron chi connectivity index (χ4n) is 2.79. The van der Waals surface area contributed by atoms with Crippen molar-refractivity contribution in [3.05, 3.63) is 90.0 Å². The zero-order valence-corrected chi connectivity index (χ0v) is 14.5. The van der Waals surface area contributed by atoms with Crippen molar-refractivity contribution in [1.29, 1.82) is 0 Å². The molecule has 0 fully saturated rings. The topological polar surface area (TPSA) is 9.23 Å². The standard InChI is InChI=1S/C21H21OP/c1-17-10-6-9-15-21(17)23(19-12-4-3-5-13-19)16-18-11-7-8-14-20(18)22-2/h3-15H,16H2,1-2H3/t23-/m0/s1. The van der Waals surface area contributed by atoms with Crippen LogP contribution in [0.15, 0.2) is 78.9 Å². The molecule has 0 spiro atoms. The lowest BCUT2D eigenvalue weighted by molar-refractivity contribution is 0.411. The minimum absolute atomic E-state index is 0.450. The second-order valence-corrected chi connectivity index (χ2v) is 7.69. The van der Waals surface area contributed by atoms with Crippen molar-refractivity contribution in [2.75, 3.05) is 7.11 Å². The molecule has 0 radical (unpaired) electrons. The molecular weight excluding hydrogens is 299 g/mol. The molecule has 116 valence electrons. The van der Waals surface area contributed by atoms with E-state index in [1.807, 2.05) is 12.1 Å². The SMILES string of the molecule is COc1ccccc1C[P@@](c1ccccc1)c1ccccc1C. The minimum Gasteiger partial charge on any atom is -0.496 e. The van der Waals surface area contributed by atoms with Gasteiger partial charge in [0.25, 0.3) is 0 Å². The van der Waals surface area contributed by atoms with E-state index < -0.39 is 7.92 Å². The molecule has 1 nitrogen and oxygen atoms in total. The van der Waals surface area contributed by atoms with Gasteiger partial charge < -0.3 is 4.74 Å². The molecular formula is C21H21OP. The average molecular weight is 320 g/mol. The van der Waals surface area contributed by atoms with Crippen molar-refractivity contribution in [2.45, 2.75) is 13.1 Å². The third-order valence-electron chi connectivity index (χ3n) is 4.00. The van der Waals surface area contributed by atoms with Crippen LogP contribution in [0.2, 0.25) is 0 Å². The van der Waals surface area contributed by atoms with E-state index in [-0.39, 0.29) is 0 Å². The normalized spacial score (nSPS) is 11.9. The summed E-state index contributed by atoms with van der Waals surface area (Å²) in [4.78, 5) is 0. The first-order chi connectivity index (χ1) is 11.3. The summed E-state index contributed by atoms with van der Waals surface area (Å²) in [7, 11) is 1.30. The quantitative estimate of drug-likeness (QED) is 0.623. The molecule has 3 aromatic rings. The smallest absolute Gasteiger partial charge is 0.122 e. The first kappa shape index (κ1) is 15.8. The Balaban J connectivity index is 2.04. The van der Waals surface area contributed by atoms with E-state index in [4.69, 9.17) is 4.74 Å². The van der Waals surface area contributed by atoms with Crippen molar-refractivity contribution in [2.24, 2.45) is 0 Å². The zero-order valence-electron chi connectivity index (χ0n) is 13.6. The first-order valence-electron chi connectivity index (χ1n) is 7.79. The molecule has 0 saturated carbocycles. The highest BCUT2D eigenvalue weighted by atomic mass is 31.1. The van der Waals surface area contributed by atoms with Gasteiger partial charge in [0.2, 0.25) is 0 Å². The second-order valence-electron chi connectivity index (χ2n) is 5.52. The zero-order chi connectivity index (χ0) is 16.1. The molecule has 3 aromatic carbocycles. The predicted molar refractivity (Wildman–Crippen MR) is 101 cm³/mol. The van der Waals surface area contributed by atoms with Crippen molar-refractivity contribution in [1.82, 2.24) is 0 Å². The molecule has 0 aliphatic carbocycles. The summed E-state index contributed by atoms with van der Waals surface area (Å²) >= 11 is 0. The van der Waals surface area contributed by atoms with Crippen molar-refractivity contribution in [3.63, 3.8) is 0 Å². The molecule has 0 bridgehead atoms. The van der Waals surface area contributed by atoms with Crippen LogP contribution in [-0.2, 0) is 6.16 Å². The predicted octanol–water partition coefficient (Wildman–Crippen LogP) is 4.64. The van der Waals surface area contributed by atoms with Gasteiger partial charge in [-0.2, -0.15) is 0 Å². The lowest BCUT2D eigenvalue weighted by Gasteiger charge is -2.22. The lowest BCUT2D eigenvalue weighted by atomic mass is 10.2. The van der Waals surface area contributed by atoms with Crippen LogP contribution in [0.5, 0.6) is 5.75 Å². The summed E-state index contributed by atoms with van der Waals surface area (Å²) in [6.07, 6.45) is 0.994. The number of aryl methyl sites for hydroxylation is 1. The van der Waals surface area contributed by atoms with Crippen LogP contribution in [-0.4, -0.2) is 7.11 Å². The van der Waals surface area contributed by atoms with Gasteiger partial charge in [-0.1, -0.05) is 72.8 Å². The van der Waals surface area contributed by atoms with E-state index in [0.29, 0.717) is 0 Å². The Kier molecular flexibility index (Phi) is 5.10. The van der Waals surface area contributed by atoms with Gasteiger partial charge in [0.05, 0.1) is 7.11 Å². The number of hydrogen-bond acceptors (Lipinski definition) is 1. The molecule has 0 unspecified atom stereocenters. The average Bonchev–Trinajstić information content (AvgIpc) is 2.61. The Morgan fingerprint density at radius 3 is 2.17 bits per heavy atom. The Morgan fingerprint density at radius 2 is 1.43 bits per heavy atom. The van der Waals surface area contributed by atoms with E-state index in [1.54, 1.807) is 7.11 Å². The lowest BCUT2D eigenvalue weighted by Crippen LogP contribution is -2.15. The third-order valence-corrected chi connectivity index (χ3v) is 6.66. The Morgan fingerprint density at radius 1 is 0.783 bits per heavy atom. The molecule has 23 heavy (non-hydrogen) atoms. The molecule has 3 rings (SSSR count). The monoisotopic (exact) mass is 320 g/mol. The van der Waals surface area contributed by atoms with Gasteiger partial charge in [-0.05, 0) is 42.6 Å². The fourth-order valence-corrected chi connectivity index (χ4v) is 5.33. The Labute approximate surface area is 139 Å². The summed E-state index contributed by atoms with van der Waals surface area (Å²) in [5.74, 6) is 0.976. The summed E-state index contributed by atoms with van der Waals surface area (Å²) in [6, 6.07) is 27.9. The van der Waals surface area contributed by atoms with Gasteiger partial charge in [-0.25, -0.2) is 0 Å². The van der Waals surface area contributed by atoms with Gasteiger partial charge in [-0.3, -0.25) is 0 Å². The number of benzene rings is 3. The number of para-hydroxylation sites is 1. The molecule has 0 aliphatic heterocycles. The van der Waals surface area contributed by atoms with Gasteiger partial charge in [0, 0.05) is 6.16 Å². The summed E-state index contributed by atoms with van der Waals surface area (Å²) in [5, 5.41) is 2.85. The maximum absolute atomic E-state index is 5.56. The molecule has 0 N–H and O–H groups in total. The molecule has 2 heteroatoms. The highest BCUT2D eigenvalue weighted by Gasteiger charge is 2.17. The van der Waals surface area contributed by atoms with Crippen LogP contribution in [0.1, 0.15) is 11.1 Å². The maximum atomic E-state index is 5.56. The van der Waals surface area contributed by atoms with Crippen LogP contribution in [0.4, 0.5) is 0 Å². The Bertz CT molecular complexity index is 768. The van der Waals surface area contributed by atoms with Crippen LogP contribution < -0.4 is 15.3 Å². The maximum Gasteiger partial charge on any atom is 0.122 e. The fraction of sp³-hybridized carbons (Fsp3) is 0.143. The van der Waals surface area contributed by atoms with E-state index in [1.165, 1.54) is 21.7 Å². The Hall–Kier alpha value is -2.11. The number of hydrogen-bond donors (Lipinski definition) is 0. The van der Waals surface area contributed by atoms with Crippen molar-refractivity contribution >= 4 is 18.5 Å². The summed E-state index contributed by atoms with van der Waals surface area (Å²) in [5.41, 5.74) is 2.63. The third kappa shape index (κ3) is 3.63. The van der Waals surface area contributed by atoms with E-state index >= 15 is 0 Å². The van der Waals surface area contributed by atoms with Crippen LogP contribution in [0, 0.1) is 6.92 Å². The van der Waals surface area contributed by atoms with E-state index in [0.717, 1.165) is 11.9 Å². The molecule has 0 amide bonds. The van der Waals surface area contributed by atoms with Gasteiger partial charge >= 0.3 is 0 Å². The highest BCUT2D eigenvalue weighted by molar-refractivity contribution is 7.72. The second kappa shape index (κ2) is 7.44. The number of ether oxygens (including phenoxy) is 1. The summed E-state index contributed by atoms with van der Waals surface area (Å²) in [6.45, 7) is 2.20. The number of methoxy groups -OCH3 is 1. The molecule has 1 atom stereocenters. The first-order valence-corrected chi connectivity index (χ1v) is 9.32.